The molecule has 0 aromatic heterocycles. The number of rotatable bonds is 4. The zero-order chi connectivity index (χ0) is 14.0. The van der Waals surface area contributed by atoms with Crippen LogP contribution in [0, 0.1) is 12.3 Å². The number of benzene rings is 1. The third-order valence-corrected chi connectivity index (χ3v) is 4.15. The second-order valence-electron chi connectivity index (χ2n) is 5.85. The molecule has 0 fully saturated rings. The van der Waals surface area contributed by atoms with Crippen molar-refractivity contribution in [3.05, 3.63) is 29.8 Å². The summed E-state index contributed by atoms with van der Waals surface area (Å²) in [5.74, 6) is -0.643. The second kappa shape index (κ2) is 5.22. The molecule has 1 aromatic carbocycles. The molecule has 0 N–H and O–H groups in total. The van der Waals surface area contributed by atoms with Crippen LogP contribution in [-0.4, -0.2) is 20.0 Å². The molecule has 1 rings (SSSR count). The monoisotopic (exact) mass is 268 g/mol. The van der Waals surface area contributed by atoms with E-state index < -0.39 is 15.6 Å². The van der Waals surface area contributed by atoms with Crippen LogP contribution in [0.15, 0.2) is 29.2 Å². The van der Waals surface area contributed by atoms with Gasteiger partial charge in [0, 0.05) is 6.42 Å². The van der Waals surface area contributed by atoms with Crippen LogP contribution in [0.5, 0.6) is 0 Å². The minimum absolute atomic E-state index is 0.181. The number of carbonyl (C=O) groups is 1. The molecule has 0 amide bonds. The summed E-state index contributed by atoms with van der Waals surface area (Å²) >= 11 is 0. The molecule has 1 aromatic rings. The van der Waals surface area contributed by atoms with E-state index in [4.69, 9.17) is 0 Å². The van der Waals surface area contributed by atoms with Gasteiger partial charge in [0.1, 0.15) is 11.5 Å². The van der Waals surface area contributed by atoms with Gasteiger partial charge in [-0.2, -0.15) is 0 Å². The van der Waals surface area contributed by atoms with Crippen molar-refractivity contribution in [1.82, 2.24) is 0 Å². The predicted molar refractivity (Wildman–Crippen MR) is 72.3 cm³/mol. The van der Waals surface area contributed by atoms with E-state index in [2.05, 4.69) is 0 Å². The quantitative estimate of drug-likeness (QED) is 0.843. The van der Waals surface area contributed by atoms with Crippen molar-refractivity contribution < 1.29 is 13.2 Å². The fraction of sp³-hybridized carbons (Fsp3) is 0.500. The first-order chi connectivity index (χ1) is 8.10. The number of hydrogen-bond acceptors (Lipinski definition) is 3. The van der Waals surface area contributed by atoms with Crippen LogP contribution >= 0.6 is 0 Å². The Bertz CT molecular complexity index is 519. The molecule has 0 bridgehead atoms. The van der Waals surface area contributed by atoms with Gasteiger partial charge in [-0.15, -0.1) is 0 Å². The molecule has 0 saturated heterocycles. The number of hydrogen-bond donors (Lipinski definition) is 0. The Labute approximate surface area is 109 Å². The summed E-state index contributed by atoms with van der Waals surface area (Å²) in [7, 11) is -3.50. The topological polar surface area (TPSA) is 51.2 Å². The Morgan fingerprint density at radius 1 is 1.11 bits per heavy atom. The summed E-state index contributed by atoms with van der Waals surface area (Å²) in [5, 5.41) is 0. The van der Waals surface area contributed by atoms with E-state index in [-0.39, 0.29) is 22.5 Å². The third-order valence-electron chi connectivity index (χ3n) is 2.46. The number of carbonyl (C=O) groups excluding carboxylic acids is 1. The van der Waals surface area contributed by atoms with E-state index in [1.165, 1.54) is 0 Å². The summed E-state index contributed by atoms with van der Waals surface area (Å²) in [6.07, 6.45) is 0.276. The molecule has 0 aliphatic heterocycles. The molecular formula is C14H20O3S. The van der Waals surface area contributed by atoms with Gasteiger partial charge in [-0.3, -0.25) is 4.79 Å². The summed E-state index contributed by atoms with van der Waals surface area (Å²) in [4.78, 5) is 12.0. The largest absolute Gasteiger partial charge is 0.299 e. The molecule has 18 heavy (non-hydrogen) atoms. The van der Waals surface area contributed by atoms with Crippen LogP contribution in [-0.2, 0) is 14.6 Å². The maximum Gasteiger partial charge on any atom is 0.185 e. The molecule has 0 atom stereocenters. The highest BCUT2D eigenvalue weighted by molar-refractivity contribution is 7.92. The van der Waals surface area contributed by atoms with Crippen molar-refractivity contribution in [2.45, 2.75) is 39.0 Å². The van der Waals surface area contributed by atoms with Gasteiger partial charge >= 0.3 is 0 Å². The number of aryl methyl sites for hydroxylation is 1. The highest BCUT2D eigenvalue weighted by Gasteiger charge is 2.23. The van der Waals surface area contributed by atoms with Crippen molar-refractivity contribution in [2.24, 2.45) is 5.41 Å². The molecule has 0 aliphatic carbocycles. The normalized spacial score (nSPS) is 12.4. The van der Waals surface area contributed by atoms with E-state index in [1.54, 1.807) is 24.3 Å². The molecule has 0 spiro atoms. The fourth-order valence-corrected chi connectivity index (χ4v) is 2.93. The minimum Gasteiger partial charge on any atom is -0.299 e. The first kappa shape index (κ1) is 14.9. The van der Waals surface area contributed by atoms with Gasteiger partial charge in [0.05, 0.1) is 4.90 Å². The maximum absolute atomic E-state index is 12.0. The zero-order valence-corrected chi connectivity index (χ0v) is 12.2. The van der Waals surface area contributed by atoms with Crippen LogP contribution in [0.25, 0.3) is 0 Å². The SMILES string of the molecule is Cc1ccc(S(=O)(=O)CC(=O)CC(C)(C)C)cc1. The lowest BCUT2D eigenvalue weighted by Crippen LogP contribution is -2.21. The van der Waals surface area contributed by atoms with Gasteiger partial charge in [0.15, 0.2) is 9.84 Å². The molecule has 0 aliphatic rings. The van der Waals surface area contributed by atoms with E-state index in [0.717, 1.165) is 5.56 Å². The second-order valence-corrected chi connectivity index (χ2v) is 7.84. The average Bonchev–Trinajstić information content (AvgIpc) is 2.13. The minimum atomic E-state index is -3.50. The molecule has 3 nitrogen and oxygen atoms in total. The standard InChI is InChI=1S/C14H20O3S/c1-11-5-7-13(8-6-11)18(16,17)10-12(15)9-14(2,3)4/h5-8H,9-10H2,1-4H3. The van der Waals surface area contributed by atoms with Crippen LogP contribution in [0.3, 0.4) is 0 Å². The molecular weight excluding hydrogens is 248 g/mol. The fourth-order valence-electron chi connectivity index (χ4n) is 1.68. The predicted octanol–water partition coefficient (Wildman–Crippen LogP) is 2.77. The smallest absolute Gasteiger partial charge is 0.185 e. The molecule has 4 heteroatoms. The average molecular weight is 268 g/mol. The van der Waals surface area contributed by atoms with Gasteiger partial charge in [-0.1, -0.05) is 38.5 Å². The highest BCUT2D eigenvalue weighted by Crippen LogP contribution is 2.20. The zero-order valence-electron chi connectivity index (χ0n) is 11.4. The molecule has 0 unspecified atom stereocenters. The highest BCUT2D eigenvalue weighted by atomic mass is 32.2. The first-order valence-corrected chi connectivity index (χ1v) is 7.56. The third kappa shape index (κ3) is 4.61. The van der Waals surface area contributed by atoms with Gasteiger partial charge in [-0.05, 0) is 24.5 Å². The van der Waals surface area contributed by atoms with Crippen molar-refractivity contribution >= 4 is 15.6 Å². The van der Waals surface area contributed by atoms with Gasteiger partial charge in [-0.25, -0.2) is 8.42 Å². The summed E-state index contributed by atoms with van der Waals surface area (Å²) < 4.78 is 24.0. The van der Waals surface area contributed by atoms with Crippen molar-refractivity contribution in [1.29, 1.82) is 0 Å². The van der Waals surface area contributed by atoms with Crippen LogP contribution in [0.4, 0.5) is 0 Å². The van der Waals surface area contributed by atoms with Gasteiger partial charge in [0.2, 0.25) is 0 Å². The van der Waals surface area contributed by atoms with E-state index in [1.807, 2.05) is 27.7 Å². The maximum atomic E-state index is 12.0. The van der Waals surface area contributed by atoms with Crippen LogP contribution < -0.4 is 0 Å². The number of ketones is 1. The van der Waals surface area contributed by atoms with Gasteiger partial charge in [0.25, 0.3) is 0 Å². The van der Waals surface area contributed by atoms with E-state index in [0.29, 0.717) is 0 Å². The van der Waals surface area contributed by atoms with Crippen molar-refractivity contribution in [2.75, 3.05) is 5.75 Å². The first-order valence-electron chi connectivity index (χ1n) is 5.91. The molecule has 0 radical (unpaired) electrons. The molecule has 0 saturated carbocycles. The van der Waals surface area contributed by atoms with Gasteiger partial charge < -0.3 is 0 Å². The lowest BCUT2D eigenvalue weighted by atomic mass is 9.90. The molecule has 0 heterocycles. The van der Waals surface area contributed by atoms with E-state index >= 15 is 0 Å². The summed E-state index contributed by atoms with van der Waals surface area (Å²) in [6.45, 7) is 7.65. The Balaban J connectivity index is 2.83. The van der Waals surface area contributed by atoms with Crippen LogP contribution in [0.2, 0.25) is 0 Å². The Morgan fingerprint density at radius 3 is 2.06 bits per heavy atom. The van der Waals surface area contributed by atoms with Crippen LogP contribution in [0.1, 0.15) is 32.8 Å². The Kier molecular flexibility index (Phi) is 4.32. The van der Waals surface area contributed by atoms with Crippen molar-refractivity contribution in [3.63, 3.8) is 0 Å². The number of sulfone groups is 1. The van der Waals surface area contributed by atoms with E-state index in [9.17, 15) is 13.2 Å². The Hall–Kier alpha value is -1.16. The lowest BCUT2D eigenvalue weighted by molar-refractivity contribution is -0.118. The van der Waals surface area contributed by atoms with Crippen molar-refractivity contribution in [3.8, 4) is 0 Å². The Morgan fingerprint density at radius 2 is 1.61 bits per heavy atom. The summed E-state index contributed by atoms with van der Waals surface area (Å²) in [6, 6.07) is 6.58. The number of Topliss-reactive ketones (excluding diaryl/α,β-unsaturated/α-hetero) is 1. The summed E-state index contributed by atoms with van der Waals surface area (Å²) in [5.41, 5.74) is 0.815. The lowest BCUT2D eigenvalue weighted by Gasteiger charge is -2.16. The molecule has 100 valence electrons.